The first kappa shape index (κ1) is 12.6. The molecular formula is C14H18FN3. The summed E-state index contributed by atoms with van der Waals surface area (Å²) in [7, 11) is 0. The molecule has 3 nitrogen and oxygen atoms in total. The van der Waals surface area contributed by atoms with Crippen molar-refractivity contribution < 1.29 is 4.39 Å². The minimum absolute atomic E-state index is 0.0713. The largest absolute Gasteiger partial charge is 0.396 e. The molecule has 0 atom stereocenters. The van der Waals surface area contributed by atoms with E-state index < -0.39 is 0 Å². The predicted octanol–water partition coefficient (Wildman–Crippen LogP) is 2.95. The lowest BCUT2D eigenvalue weighted by atomic mass is 9.92. The maximum atomic E-state index is 12.8. The Balaban J connectivity index is 2.23. The summed E-state index contributed by atoms with van der Waals surface area (Å²) < 4.78 is 14.6. The first-order valence-corrected chi connectivity index (χ1v) is 5.94. The monoisotopic (exact) mass is 247 g/mol. The van der Waals surface area contributed by atoms with Crippen LogP contribution in [0.1, 0.15) is 32.0 Å². The molecule has 18 heavy (non-hydrogen) atoms. The molecule has 4 heteroatoms. The lowest BCUT2D eigenvalue weighted by molar-refractivity contribution is 0.546. The molecule has 0 unspecified atom stereocenters. The summed E-state index contributed by atoms with van der Waals surface area (Å²) in [4.78, 5) is 0. The highest BCUT2D eigenvalue weighted by Crippen LogP contribution is 2.26. The van der Waals surface area contributed by atoms with E-state index in [0.29, 0.717) is 12.2 Å². The van der Waals surface area contributed by atoms with Crippen LogP contribution in [0.3, 0.4) is 0 Å². The van der Waals surface area contributed by atoms with Gasteiger partial charge in [-0.1, -0.05) is 32.9 Å². The van der Waals surface area contributed by atoms with Crippen LogP contribution in [0.25, 0.3) is 0 Å². The average Bonchev–Trinajstić information content (AvgIpc) is 2.63. The molecule has 0 aliphatic carbocycles. The number of rotatable bonds is 2. The van der Waals surface area contributed by atoms with E-state index in [-0.39, 0.29) is 11.2 Å². The summed E-state index contributed by atoms with van der Waals surface area (Å²) >= 11 is 0. The molecule has 1 aromatic heterocycles. The van der Waals surface area contributed by atoms with Crippen molar-refractivity contribution in [2.45, 2.75) is 32.7 Å². The fraction of sp³-hybridized carbons (Fsp3) is 0.357. The van der Waals surface area contributed by atoms with Crippen LogP contribution in [0.15, 0.2) is 30.5 Å². The lowest BCUT2D eigenvalue weighted by Crippen LogP contribution is -2.14. The molecule has 0 aliphatic heterocycles. The number of nitrogen functional groups attached to an aromatic ring is 1. The van der Waals surface area contributed by atoms with Gasteiger partial charge >= 0.3 is 0 Å². The standard InChI is InChI=1S/C14H18FN3/c1-14(2,3)13-12(16)9-18(17-13)8-10-4-6-11(15)7-5-10/h4-7,9H,8,16H2,1-3H3. The van der Waals surface area contributed by atoms with Crippen LogP contribution in [-0.2, 0) is 12.0 Å². The smallest absolute Gasteiger partial charge is 0.123 e. The number of nitrogens with two attached hydrogens (primary N) is 1. The molecule has 0 aliphatic rings. The third kappa shape index (κ3) is 2.70. The first-order chi connectivity index (χ1) is 8.36. The minimum atomic E-state index is -0.228. The molecule has 96 valence electrons. The zero-order valence-corrected chi connectivity index (χ0v) is 10.9. The van der Waals surface area contributed by atoms with Crippen molar-refractivity contribution in [3.63, 3.8) is 0 Å². The topological polar surface area (TPSA) is 43.8 Å². The summed E-state index contributed by atoms with van der Waals surface area (Å²) in [6.45, 7) is 6.83. The van der Waals surface area contributed by atoms with Gasteiger partial charge in [0.25, 0.3) is 0 Å². The maximum absolute atomic E-state index is 12.8. The molecule has 2 rings (SSSR count). The molecule has 0 saturated heterocycles. The highest BCUT2D eigenvalue weighted by atomic mass is 19.1. The summed E-state index contributed by atoms with van der Waals surface area (Å²) in [5, 5.41) is 4.50. The molecule has 0 amide bonds. The van der Waals surface area contributed by atoms with Crippen molar-refractivity contribution in [2.75, 3.05) is 5.73 Å². The predicted molar refractivity (Wildman–Crippen MR) is 70.8 cm³/mol. The highest BCUT2D eigenvalue weighted by molar-refractivity contribution is 5.44. The van der Waals surface area contributed by atoms with Gasteiger partial charge in [-0.05, 0) is 17.7 Å². The van der Waals surface area contributed by atoms with E-state index in [0.717, 1.165) is 11.3 Å². The van der Waals surface area contributed by atoms with Gasteiger partial charge in [0.2, 0.25) is 0 Å². The van der Waals surface area contributed by atoms with Crippen LogP contribution in [0, 0.1) is 5.82 Å². The average molecular weight is 247 g/mol. The van der Waals surface area contributed by atoms with Gasteiger partial charge in [0, 0.05) is 11.6 Å². The first-order valence-electron chi connectivity index (χ1n) is 5.94. The molecular weight excluding hydrogens is 229 g/mol. The van der Waals surface area contributed by atoms with Gasteiger partial charge in [0.15, 0.2) is 0 Å². The van der Waals surface area contributed by atoms with Crippen LogP contribution < -0.4 is 5.73 Å². The van der Waals surface area contributed by atoms with Gasteiger partial charge in [0.1, 0.15) is 5.82 Å². The Morgan fingerprint density at radius 2 is 1.83 bits per heavy atom. The van der Waals surface area contributed by atoms with E-state index in [4.69, 9.17) is 5.73 Å². The number of halogens is 1. The second-order valence-electron chi connectivity index (χ2n) is 5.51. The SMILES string of the molecule is CC(C)(C)c1nn(Cc2ccc(F)cc2)cc1N. The highest BCUT2D eigenvalue weighted by Gasteiger charge is 2.20. The number of hydrogen-bond acceptors (Lipinski definition) is 2. The van der Waals surface area contributed by atoms with Crippen molar-refractivity contribution in [3.8, 4) is 0 Å². The molecule has 0 spiro atoms. The lowest BCUT2D eigenvalue weighted by Gasteiger charge is -2.15. The second-order valence-corrected chi connectivity index (χ2v) is 5.51. The van der Waals surface area contributed by atoms with Crippen molar-refractivity contribution in [1.82, 2.24) is 9.78 Å². The van der Waals surface area contributed by atoms with E-state index in [1.165, 1.54) is 12.1 Å². The van der Waals surface area contributed by atoms with Crippen LogP contribution in [-0.4, -0.2) is 9.78 Å². The summed E-state index contributed by atoms with van der Waals surface area (Å²) in [5.74, 6) is -0.228. The molecule has 1 heterocycles. The summed E-state index contributed by atoms with van der Waals surface area (Å²) in [6.07, 6.45) is 1.82. The van der Waals surface area contributed by atoms with Crippen molar-refractivity contribution in [2.24, 2.45) is 0 Å². The van der Waals surface area contributed by atoms with Crippen molar-refractivity contribution in [3.05, 3.63) is 47.5 Å². The molecule has 2 aromatic rings. The third-order valence-corrected chi connectivity index (χ3v) is 2.76. The fourth-order valence-corrected chi connectivity index (χ4v) is 1.88. The van der Waals surface area contributed by atoms with Crippen LogP contribution in [0.4, 0.5) is 10.1 Å². The third-order valence-electron chi connectivity index (χ3n) is 2.76. The zero-order chi connectivity index (χ0) is 13.3. The van der Waals surface area contributed by atoms with Gasteiger partial charge in [-0.2, -0.15) is 5.10 Å². The van der Waals surface area contributed by atoms with Gasteiger partial charge in [-0.15, -0.1) is 0 Å². The van der Waals surface area contributed by atoms with Crippen LogP contribution >= 0.6 is 0 Å². The van der Waals surface area contributed by atoms with Gasteiger partial charge in [-0.3, -0.25) is 4.68 Å². The Labute approximate surface area is 106 Å². The zero-order valence-electron chi connectivity index (χ0n) is 10.9. The number of hydrogen-bond donors (Lipinski definition) is 1. The molecule has 0 radical (unpaired) electrons. The van der Waals surface area contributed by atoms with Crippen molar-refractivity contribution in [1.29, 1.82) is 0 Å². The Hall–Kier alpha value is -1.84. The Morgan fingerprint density at radius 3 is 2.33 bits per heavy atom. The Morgan fingerprint density at radius 1 is 1.22 bits per heavy atom. The minimum Gasteiger partial charge on any atom is -0.396 e. The summed E-state index contributed by atoms with van der Waals surface area (Å²) in [5.41, 5.74) is 8.48. The van der Waals surface area contributed by atoms with E-state index in [9.17, 15) is 4.39 Å². The van der Waals surface area contributed by atoms with Crippen LogP contribution in [0.2, 0.25) is 0 Å². The Kier molecular flexibility index (Phi) is 3.11. The molecule has 0 bridgehead atoms. The quantitative estimate of drug-likeness (QED) is 0.886. The fourth-order valence-electron chi connectivity index (χ4n) is 1.88. The number of nitrogens with zero attached hydrogens (tertiary/aromatic N) is 2. The van der Waals surface area contributed by atoms with Gasteiger partial charge in [-0.25, -0.2) is 4.39 Å². The second kappa shape index (κ2) is 4.44. The maximum Gasteiger partial charge on any atom is 0.123 e. The normalized spacial score (nSPS) is 11.8. The van der Waals surface area contributed by atoms with E-state index in [2.05, 4.69) is 25.9 Å². The Bertz CT molecular complexity index is 535. The number of benzene rings is 1. The van der Waals surface area contributed by atoms with E-state index >= 15 is 0 Å². The van der Waals surface area contributed by atoms with E-state index in [1.54, 1.807) is 16.8 Å². The van der Waals surface area contributed by atoms with Gasteiger partial charge in [0.05, 0.1) is 17.9 Å². The van der Waals surface area contributed by atoms with E-state index in [1.807, 2.05) is 6.20 Å². The molecule has 0 saturated carbocycles. The molecule has 0 fully saturated rings. The number of aromatic nitrogens is 2. The molecule has 2 N–H and O–H groups in total. The van der Waals surface area contributed by atoms with Gasteiger partial charge < -0.3 is 5.73 Å². The summed E-state index contributed by atoms with van der Waals surface area (Å²) in [6, 6.07) is 6.41. The van der Waals surface area contributed by atoms with Crippen molar-refractivity contribution >= 4 is 5.69 Å². The molecule has 1 aromatic carbocycles. The number of anilines is 1. The van der Waals surface area contributed by atoms with Crippen LogP contribution in [0.5, 0.6) is 0 Å².